The molecule has 1 fully saturated rings. The van der Waals surface area contributed by atoms with Crippen molar-refractivity contribution in [3.63, 3.8) is 0 Å². The number of pyridine rings is 1. The van der Waals surface area contributed by atoms with Crippen molar-refractivity contribution in [2.45, 2.75) is 40.3 Å². The van der Waals surface area contributed by atoms with Crippen LogP contribution >= 0.6 is 0 Å². The molecule has 1 aliphatic rings. The molecule has 0 radical (unpaired) electrons. The van der Waals surface area contributed by atoms with Crippen molar-refractivity contribution in [1.82, 2.24) is 10.3 Å². The Morgan fingerprint density at radius 2 is 2.00 bits per heavy atom. The summed E-state index contributed by atoms with van der Waals surface area (Å²) in [6.45, 7) is 11.0. The third-order valence-corrected chi connectivity index (χ3v) is 4.89. The fourth-order valence-corrected chi connectivity index (χ4v) is 3.53. The van der Waals surface area contributed by atoms with E-state index >= 15 is 0 Å². The van der Waals surface area contributed by atoms with Crippen LogP contribution in [0, 0.1) is 13.8 Å². The second-order valence-electron chi connectivity index (χ2n) is 5.75. The Labute approximate surface area is 124 Å². The van der Waals surface area contributed by atoms with E-state index in [0.29, 0.717) is 6.04 Å². The summed E-state index contributed by atoms with van der Waals surface area (Å²) >= 11 is 0. The third kappa shape index (κ3) is 3.79. The maximum Gasteiger partial charge on any atom is 0.133 e. The molecule has 0 bridgehead atoms. The Morgan fingerprint density at radius 1 is 1.35 bits per heavy atom. The number of nitrogens with one attached hydrogen (secondary N) is 1. The van der Waals surface area contributed by atoms with Crippen molar-refractivity contribution in [2.75, 3.05) is 29.5 Å². The van der Waals surface area contributed by atoms with Crippen LogP contribution < -0.4 is 10.2 Å². The van der Waals surface area contributed by atoms with Gasteiger partial charge in [0.15, 0.2) is 0 Å². The Balaban J connectivity index is 2.27. The number of rotatable bonds is 4. The van der Waals surface area contributed by atoms with Gasteiger partial charge in [-0.3, -0.25) is 4.21 Å². The summed E-state index contributed by atoms with van der Waals surface area (Å²) in [5, 5.41) is 3.48. The minimum atomic E-state index is -0.648. The highest BCUT2D eigenvalue weighted by Gasteiger charge is 2.20. The quantitative estimate of drug-likeness (QED) is 0.919. The predicted molar refractivity (Wildman–Crippen MR) is 85.8 cm³/mol. The molecule has 0 aromatic carbocycles. The number of hydrogen-bond acceptors (Lipinski definition) is 4. The molecule has 0 aliphatic carbocycles. The van der Waals surface area contributed by atoms with Crippen molar-refractivity contribution in [3.8, 4) is 0 Å². The lowest BCUT2D eigenvalue weighted by Crippen LogP contribution is -2.39. The van der Waals surface area contributed by atoms with Crippen molar-refractivity contribution in [1.29, 1.82) is 0 Å². The van der Waals surface area contributed by atoms with Crippen LogP contribution in [0.1, 0.15) is 30.7 Å². The van der Waals surface area contributed by atoms with E-state index < -0.39 is 10.8 Å². The zero-order chi connectivity index (χ0) is 14.7. The lowest BCUT2D eigenvalue weighted by atomic mass is 10.1. The lowest BCUT2D eigenvalue weighted by Gasteiger charge is -2.30. The summed E-state index contributed by atoms with van der Waals surface area (Å²) < 4.78 is 11.5. The second-order valence-corrected chi connectivity index (χ2v) is 7.45. The van der Waals surface area contributed by atoms with Crippen LogP contribution in [0.4, 0.5) is 5.82 Å². The molecule has 1 aromatic heterocycles. The van der Waals surface area contributed by atoms with E-state index in [9.17, 15) is 4.21 Å². The van der Waals surface area contributed by atoms with Crippen LogP contribution in [0.15, 0.2) is 6.07 Å². The Kier molecular flexibility index (Phi) is 5.16. The number of hydrogen-bond donors (Lipinski definition) is 1. The average molecular weight is 295 g/mol. The number of aryl methyl sites for hydroxylation is 2. The number of aromatic nitrogens is 1. The number of nitrogens with zero attached hydrogens (tertiary/aromatic N) is 2. The van der Waals surface area contributed by atoms with Crippen LogP contribution in [-0.4, -0.2) is 39.8 Å². The third-order valence-electron chi connectivity index (χ3n) is 3.62. The van der Waals surface area contributed by atoms with E-state index in [4.69, 9.17) is 4.98 Å². The van der Waals surface area contributed by atoms with Gasteiger partial charge in [0.1, 0.15) is 5.82 Å². The van der Waals surface area contributed by atoms with Gasteiger partial charge in [0.2, 0.25) is 0 Å². The minimum Gasteiger partial charge on any atom is -0.354 e. The van der Waals surface area contributed by atoms with Gasteiger partial charge in [0, 0.05) is 59.2 Å². The normalized spacial score (nSPS) is 16.9. The van der Waals surface area contributed by atoms with Gasteiger partial charge in [0.05, 0.1) is 0 Å². The molecule has 0 spiro atoms. The van der Waals surface area contributed by atoms with Gasteiger partial charge in [-0.25, -0.2) is 4.98 Å². The zero-order valence-electron chi connectivity index (χ0n) is 12.9. The Hall–Kier alpha value is -0.940. The lowest BCUT2D eigenvalue weighted by molar-refractivity contribution is 0.585. The minimum absolute atomic E-state index is 0.456. The first-order valence-electron chi connectivity index (χ1n) is 7.28. The summed E-state index contributed by atoms with van der Waals surface area (Å²) in [6.07, 6.45) is 0. The SMILES string of the molecule is Cc1cc(C)c(CNC(C)C)c(N2CCS(=O)CC2)n1. The average Bonchev–Trinajstić information content (AvgIpc) is 2.37. The molecular formula is C15H25N3OS. The molecule has 4 nitrogen and oxygen atoms in total. The smallest absolute Gasteiger partial charge is 0.133 e. The summed E-state index contributed by atoms with van der Waals surface area (Å²) in [6, 6.07) is 2.60. The van der Waals surface area contributed by atoms with Gasteiger partial charge in [0.25, 0.3) is 0 Å². The zero-order valence-corrected chi connectivity index (χ0v) is 13.7. The van der Waals surface area contributed by atoms with Crippen molar-refractivity contribution < 1.29 is 4.21 Å². The standard InChI is InChI=1S/C15H25N3OS/c1-11(2)16-10-14-12(3)9-13(4)17-15(14)18-5-7-20(19)8-6-18/h9,11,16H,5-8,10H2,1-4H3. The number of anilines is 1. The molecule has 0 unspecified atom stereocenters. The van der Waals surface area contributed by atoms with E-state index in [0.717, 1.165) is 42.7 Å². The Bertz CT molecular complexity index is 492. The van der Waals surface area contributed by atoms with Crippen LogP contribution in [0.5, 0.6) is 0 Å². The first-order valence-corrected chi connectivity index (χ1v) is 8.76. The van der Waals surface area contributed by atoms with Gasteiger partial charge in [-0.2, -0.15) is 0 Å². The highest BCUT2D eigenvalue weighted by Crippen LogP contribution is 2.24. The fourth-order valence-electron chi connectivity index (χ4n) is 2.48. The van der Waals surface area contributed by atoms with Crippen molar-refractivity contribution >= 4 is 16.6 Å². The van der Waals surface area contributed by atoms with Crippen LogP contribution in [0.3, 0.4) is 0 Å². The first kappa shape index (κ1) is 15.4. The largest absolute Gasteiger partial charge is 0.354 e. The summed E-state index contributed by atoms with van der Waals surface area (Å²) in [5.41, 5.74) is 3.61. The molecule has 112 valence electrons. The summed E-state index contributed by atoms with van der Waals surface area (Å²) in [7, 11) is -0.648. The highest BCUT2D eigenvalue weighted by molar-refractivity contribution is 7.85. The molecule has 1 aromatic rings. The van der Waals surface area contributed by atoms with Crippen LogP contribution in [0.25, 0.3) is 0 Å². The van der Waals surface area contributed by atoms with Crippen molar-refractivity contribution in [2.24, 2.45) is 0 Å². The molecule has 0 amide bonds. The molecule has 1 aliphatic heterocycles. The van der Waals surface area contributed by atoms with E-state index in [1.807, 2.05) is 6.92 Å². The van der Waals surface area contributed by atoms with Crippen molar-refractivity contribution in [3.05, 3.63) is 22.9 Å². The molecular weight excluding hydrogens is 270 g/mol. The van der Waals surface area contributed by atoms with Gasteiger partial charge in [-0.1, -0.05) is 13.8 Å². The van der Waals surface area contributed by atoms with Gasteiger partial charge < -0.3 is 10.2 Å². The monoisotopic (exact) mass is 295 g/mol. The van der Waals surface area contributed by atoms with E-state index in [-0.39, 0.29) is 0 Å². The highest BCUT2D eigenvalue weighted by atomic mass is 32.2. The molecule has 1 N–H and O–H groups in total. The fraction of sp³-hybridized carbons (Fsp3) is 0.667. The maximum absolute atomic E-state index is 11.5. The molecule has 0 atom stereocenters. The van der Waals surface area contributed by atoms with E-state index in [1.165, 1.54) is 11.1 Å². The Morgan fingerprint density at radius 3 is 2.60 bits per heavy atom. The van der Waals surface area contributed by atoms with Crippen LogP contribution in [-0.2, 0) is 17.3 Å². The van der Waals surface area contributed by atoms with Gasteiger partial charge >= 0.3 is 0 Å². The van der Waals surface area contributed by atoms with Gasteiger partial charge in [-0.05, 0) is 25.5 Å². The predicted octanol–water partition coefficient (Wildman–Crippen LogP) is 1.77. The second kappa shape index (κ2) is 6.68. The molecule has 2 rings (SSSR count). The summed E-state index contributed by atoms with van der Waals surface area (Å²) in [5.74, 6) is 2.59. The van der Waals surface area contributed by atoms with E-state index in [1.54, 1.807) is 0 Å². The van der Waals surface area contributed by atoms with Gasteiger partial charge in [-0.15, -0.1) is 0 Å². The summed E-state index contributed by atoms with van der Waals surface area (Å²) in [4.78, 5) is 7.04. The van der Waals surface area contributed by atoms with E-state index in [2.05, 4.69) is 37.1 Å². The van der Waals surface area contributed by atoms with Crippen LogP contribution in [0.2, 0.25) is 0 Å². The first-order chi connectivity index (χ1) is 9.47. The molecule has 1 saturated heterocycles. The molecule has 20 heavy (non-hydrogen) atoms. The maximum atomic E-state index is 11.5. The topological polar surface area (TPSA) is 45.2 Å². The molecule has 0 saturated carbocycles. The molecule has 5 heteroatoms. The molecule has 2 heterocycles.